The van der Waals surface area contributed by atoms with Gasteiger partial charge in [-0.25, -0.2) is 0 Å². The van der Waals surface area contributed by atoms with Crippen LogP contribution in [0.15, 0.2) is 18.2 Å². The number of benzene rings is 1. The maximum atomic E-state index is 5.38. The number of para-hydroxylation sites is 1. The smallest absolute Gasteiger partial charge is 0.169 e. The maximum absolute atomic E-state index is 5.38. The van der Waals surface area contributed by atoms with Gasteiger partial charge in [-0.2, -0.15) is 0 Å². The van der Waals surface area contributed by atoms with Gasteiger partial charge in [-0.15, -0.1) is 0 Å². The molecule has 0 aliphatic heterocycles. The molecule has 0 aliphatic carbocycles. The number of ether oxygens (including phenoxy) is 3. The molecule has 17 heavy (non-hydrogen) atoms. The molecule has 0 bridgehead atoms. The van der Waals surface area contributed by atoms with Gasteiger partial charge in [0.25, 0.3) is 0 Å². The summed E-state index contributed by atoms with van der Waals surface area (Å²) in [5.41, 5.74) is 1.13. The first-order valence-electron chi connectivity index (χ1n) is 5.75. The van der Waals surface area contributed by atoms with Crippen LogP contribution < -0.4 is 14.8 Å². The van der Waals surface area contributed by atoms with Crippen molar-refractivity contribution in [3.63, 3.8) is 0 Å². The standard InChI is InChI=1S/C13H21NO3/c1-10(9-15-2)14-8-11-6-5-7-12(16-3)13(11)17-4/h5-7,10,14H,8-9H2,1-4H3/p+1/t10-/m1/s1. The van der Waals surface area contributed by atoms with Crippen molar-refractivity contribution in [1.29, 1.82) is 0 Å². The van der Waals surface area contributed by atoms with E-state index in [1.165, 1.54) is 0 Å². The lowest BCUT2D eigenvalue weighted by Crippen LogP contribution is -2.88. The zero-order valence-electron chi connectivity index (χ0n) is 11.0. The molecule has 4 heteroatoms. The molecule has 0 spiro atoms. The van der Waals surface area contributed by atoms with E-state index in [4.69, 9.17) is 14.2 Å². The van der Waals surface area contributed by atoms with Crippen molar-refractivity contribution in [3.8, 4) is 11.5 Å². The number of quaternary nitrogens is 1. The topological polar surface area (TPSA) is 44.3 Å². The summed E-state index contributed by atoms with van der Waals surface area (Å²) < 4.78 is 15.8. The Kier molecular flexibility index (Phi) is 5.80. The third-order valence-electron chi connectivity index (χ3n) is 2.65. The normalized spacial score (nSPS) is 12.2. The largest absolute Gasteiger partial charge is 0.493 e. The molecule has 1 aromatic rings. The summed E-state index contributed by atoms with van der Waals surface area (Å²) in [6.07, 6.45) is 0. The highest BCUT2D eigenvalue weighted by Crippen LogP contribution is 2.29. The maximum Gasteiger partial charge on any atom is 0.169 e. The molecule has 0 heterocycles. The van der Waals surface area contributed by atoms with Crippen molar-refractivity contribution in [1.82, 2.24) is 0 Å². The fourth-order valence-electron chi connectivity index (χ4n) is 1.77. The van der Waals surface area contributed by atoms with Crippen LogP contribution in [0.3, 0.4) is 0 Å². The summed E-state index contributed by atoms with van der Waals surface area (Å²) >= 11 is 0. The Morgan fingerprint density at radius 2 is 1.94 bits per heavy atom. The van der Waals surface area contributed by atoms with E-state index in [0.717, 1.165) is 30.2 Å². The molecule has 0 saturated carbocycles. The Balaban J connectivity index is 2.70. The van der Waals surface area contributed by atoms with Gasteiger partial charge in [-0.1, -0.05) is 6.07 Å². The van der Waals surface area contributed by atoms with Crippen molar-refractivity contribution in [3.05, 3.63) is 23.8 Å². The summed E-state index contributed by atoms with van der Waals surface area (Å²) in [6.45, 7) is 3.73. The average Bonchev–Trinajstić information content (AvgIpc) is 2.36. The van der Waals surface area contributed by atoms with Gasteiger partial charge in [0.2, 0.25) is 0 Å². The van der Waals surface area contributed by atoms with Gasteiger partial charge in [-0.3, -0.25) is 0 Å². The van der Waals surface area contributed by atoms with Crippen LogP contribution in [0.4, 0.5) is 0 Å². The highest BCUT2D eigenvalue weighted by atomic mass is 16.5. The molecule has 0 radical (unpaired) electrons. The molecule has 0 unspecified atom stereocenters. The van der Waals surface area contributed by atoms with Crippen LogP contribution in [-0.2, 0) is 11.3 Å². The van der Waals surface area contributed by atoms with Crippen LogP contribution in [-0.4, -0.2) is 34.0 Å². The third-order valence-corrected chi connectivity index (χ3v) is 2.65. The second-order valence-corrected chi connectivity index (χ2v) is 4.03. The lowest BCUT2D eigenvalue weighted by Gasteiger charge is -2.14. The Morgan fingerprint density at radius 3 is 2.53 bits per heavy atom. The van der Waals surface area contributed by atoms with E-state index < -0.39 is 0 Å². The summed E-state index contributed by atoms with van der Waals surface area (Å²) in [6, 6.07) is 6.36. The zero-order valence-corrected chi connectivity index (χ0v) is 11.0. The van der Waals surface area contributed by atoms with Crippen molar-refractivity contribution in [2.45, 2.75) is 19.5 Å². The minimum absolute atomic E-state index is 0.427. The SMILES string of the molecule is COC[C@@H](C)[NH2+]Cc1cccc(OC)c1OC. The highest BCUT2D eigenvalue weighted by Gasteiger charge is 2.12. The van der Waals surface area contributed by atoms with E-state index in [2.05, 4.69) is 18.3 Å². The summed E-state index contributed by atoms with van der Waals surface area (Å²) in [5.74, 6) is 1.59. The van der Waals surface area contributed by atoms with Crippen LogP contribution in [0.2, 0.25) is 0 Å². The molecule has 0 amide bonds. The number of rotatable bonds is 7. The van der Waals surface area contributed by atoms with Crippen LogP contribution >= 0.6 is 0 Å². The Bertz CT molecular complexity index is 341. The van der Waals surface area contributed by atoms with Gasteiger partial charge in [-0.05, 0) is 19.1 Å². The first kappa shape index (κ1) is 13.8. The van der Waals surface area contributed by atoms with E-state index in [0.29, 0.717) is 6.04 Å². The Hall–Kier alpha value is -1.26. The molecule has 0 fully saturated rings. The first-order valence-corrected chi connectivity index (χ1v) is 5.75. The quantitative estimate of drug-likeness (QED) is 0.767. The fourth-order valence-corrected chi connectivity index (χ4v) is 1.77. The monoisotopic (exact) mass is 240 g/mol. The number of nitrogens with two attached hydrogens (primary N) is 1. The second kappa shape index (κ2) is 7.14. The molecule has 4 nitrogen and oxygen atoms in total. The molecular formula is C13H22NO3+. The van der Waals surface area contributed by atoms with Crippen LogP contribution in [0.1, 0.15) is 12.5 Å². The fraction of sp³-hybridized carbons (Fsp3) is 0.538. The highest BCUT2D eigenvalue weighted by molar-refractivity contribution is 5.46. The average molecular weight is 240 g/mol. The first-order chi connectivity index (χ1) is 8.22. The zero-order chi connectivity index (χ0) is 12.7. The number of hydrogen-bond acceptors (Lipinski definition) is 3. The molecule has 1 rings (SSSR count). The van der Waals surface area contributed by atoms with Crippen LogP contribution in [0.25, 0.3) is 0 Å². The molecule has 0 aliphatic rings. The van der Waals surface area contributed by atoms with Crippen LogP contribution in [0, 0.1) is 0 Å². The summed E-state index contributed by atoms with van der Waals surface area (Å²) in [5, 5.41) is 2.22. The van der Waals surface area contributed by atoms with Gasteiger partial charge in [0.05, 0.1) is 26.4 Å². The second-order valence-electron chi connectivity index (χ2n) is 4.03. The van der Waals surface area contributed by atoms with Gasteiger partial charge < -0.3 is 19.5 Å². The van der Waals surface area contributed by atoms with Crippen molar-refractivity contribution >= 4 is 0 Å². The minimum Gasteiger partial charge on any atom is -0.493 e. The molecular weight excluding hydrogens is 218 g/mol. The number of hydrogen-bond donors (Lipinski definition) is 1. The lowest BCUT2D eigenvalue weighted by atomic mass is 10.1. The molecule has 96 valence electrons. The third kappa shape index (κ3) is 3.91. The molecule has 0 saturated heterocycles. The minimum atomic E-state index is 0.427. The predicted molar refractivity (Wildman–Crippen MR) is 66.5 cm³/mol. The Labute approximate surface area is 103 Å². The van der Waals surface area contributed by atoms with E-state index in [9.17, 15) is 0 Å². The number of methoxy groups -OCH3 is 3. The van der Waals surface area contributed by atoms with Gasteiger partial charge >= 0.3 is 0 Å². The van der Waals surface area contributed by atoms with Gasteiger partial charge in [0.15, 0.2) is 11.5 Å². The van der Waals surface area contributed by atoms with Crippen molar-refractivity contribution in [2.75, 3.05) is 27.9 Å². The van der Waals surface area contributed by atoms with Crippen molar-refractivity contribution < 1.29 is 19.5 Å². The molecule has 1 aromatic carbocycles. The van der Waals surface area contributed by atoms with E-state index >= 15 is 0 Å². The summed E-state index contributed by atoms with van der Waals surface area (Å²) in [4.78, 5) is 0. The van der Waals surface area contributed by atoms with E-state index in [1.807, 2.05) is 12.1 Å². The van der Waals surface area contributed by atoms with Crippen molar-refractivity contribution in [2.24, 2.45) is 0 Å². The molecule has 1 atom stereocenters. The summed E-state index contributed by atoms with van der Waals surface area (Å²) in [7, 11) is 5.04. The van der Waals surface area contributed by atoms with Gasteiger partial charge in [0, 0.05) is 7.11 Å². The molecule has 2 N–H and O–H groups in total. The Morgan fingerprint density at radius 1 is 1.18 bits per heavy atom. The van der Waals surface area contributed by atoms with E-state index in [-0.39, 0.29) is 0 Å². The van der Waals surface area contributed by atoms with Gasteiger partial charge in [0.1, 0.15) is 12.6 Å². The lowest BCUT2D eigenvalue weighted by molar-refractivity contribution is -0.702. The predicted octanol–water partition coefficient (Wildman–Crippen LogP) is 0.802. The van der Waals surface area contributed by atoms with Crippen LogP contribution in [0.5, 0.6) is 11.5 Å². The molecule has 0 aromatic heterocycles. The van der Waals surface area contributed by atoms with E-state index in [1.54, 1.807) is 21.3 Å².